The van der Waals surface area contributed by atoms with Crippen LogP contribution in [-0.4, -0.2) is 91.9 Å². The zero-order valence-corrected chi connectivity index (χ0v) is 26.8. The molecule has 2 aromatic carbocycles. The molecule has 14 heteroatoms. The summed E-state index contributed by atoms with van der Waals surface area (Å²) in [5.41, 5.74) is 1.59. The Bertz CT molecular complexity index is 1550. The molecule has 2 saturated heterocycles. The van der Waals surface area contributed by atoms with E-state index in [1.54, 1.807) is 39.0 Å². The van der Waals surface area contributed by atoms with E-state index in [1.807, 2.05) is 0 Å². The molecular formula is C33H39FN4O9. The number of aryl methyl sites for hydroxylation is 1. The summed E-state index contributed by atoms with van der Waals surface area (Å²) in [7, 11) is 0. The van der Waals surface area contributed by atoms with Crippen molar-refractivity contribution < 1.29 is 47.3 Å². The highest BCUT2D eigenvalue weighted by molar-refractivity contribution is 6.05. The molecule has 2 fully saturated rings. The number of carbonyl (C=O) groups is 5. The second-order valence-electron chi connectivity index (χ2n) is 12.5. The zero-order chi connectivity index (χ0) is 33.9. The number of esters is 1. The van der Waals surface area contributed by atoms with Gasteiger partial charge < -0.3 is 39.4 Å². The van der Waals surface area contributed by atoms with Gasteiger partial charge in [-0.15, -0.1) is 0 Å². The number of nitrogens with zero attached hydrogens (tertiary/aromatic N) is 2. The number of fused-ring (bicyclic) bond motifs is 1. The first-order valence-electron chi connectivity index (χ1n) is 15.5. The quantitative estimate of drug-likeness (QED) is 0.429. The van der Waals surface area contributed by atoms with Gasteiger partial charge in [-0.3, -0.25) is 19.2 Å². The summed E-state index contributed by atoms with van der Waals surface area (Å²) in [4.78, 5) is 67.4. The monoisotopic (exact) mass is 654 g/mol. The first-order valence-corrected chi connectivity index (χ1v) is 15.5. The maximum atomic E-state index is 14.8. The van der Waals surface area contributed by atoms with Crippen LogP contribution < -0.4 is 15.5 Å². The van der Waals surface area contributed by atoms with Crippen molar-refractivity contribution in [1.29, 1.82) is 0 Å². The van der Waals surface area contributed by atoms with E-state index in [4.69, 9.17) is 18.9 Å². The van der Waals surface area contributed by atoms with Crippen molar-refractivity contribution in [2.45, 2.75) is 64.4 Å². The van der Waals surface area contributed by atoms with E-state index < -0.39 is 53.4 Å². The molecule has 5 rings (SSSR count). The third-order valence-electron chi connectivity index (χ3n) is 7.92. The fourth-order valence-electron chi connectivity index (χ4n) is 5.80. The molecule has 0 spiro atoms. The van der Waals surface area contributed by atoms with Crippen LogP contribution in [0.2, 0.25) is 0 Å². The van der Waals surface area contributed by atoms with Crippen molar-refractivity contribution >= 4 is 41.2 Å². The summed E-state index contributed by atoms with van der Waals surface area (Å²) in [5, 5.41) is 5.59. The highest BCUT2D eigenvalue weighted by Crippen LogP contribution is 2.33. The van der Waals surface area contributed by atoms with Gasteiger partial charge in [0.2, 0.25) is 6.10 Å². The maximum Gasteiger partial charge on any atom is 0.408 e. The van der Waals surface area contributed by atoms with E-state index in [2.05, 4.69) is 10.6 Å². The van der Waals surface area contributed by atoms with Gasteiger partial charge in [0.1, 0.15) is 11.4 Å². The average Bonchev–Trinajstić information content (AvgIpc) is 3.41. The SMILES string of the molecule is CC(=O)OC(C(=O)Nc1ccc2c(c1)CC[C@@H]2NC(=O)OC(C)(C)C)C1OCCN(c2ccc(F)c(C(=O)N3CCOCC3)c2)C1=O. The molecule has 2 aliphatic heterocycles. The Labute approximate surface area is 271 Å². The van der Waals surface area contributed by atoms with E-state index in [0.717, 1.165) is 24.1 Å². The number of carbonyl (C=O) groups excluding carboxylic acids is 5. The molecule has 0 radical (unpaired) electrons. The number of rotatable bonds is 7. The summed E-state index contributed by atoms with van der Waals surface area (Å²) in [6, 6.07) is 8.71. The third-order valence-corrected chi connectivity index (χ3v) is 7.92. The lowest BCUT2D eigenvalue weighted by Gasteiger charge is -2.35. The minimum absolute atomic E-state index is 0.0174. The molecule has 3 aliphatic rings. The molecule has 2 aromatic rings. The Morgan fingerprint density at radius 2 is 1.77 bits per heavy atom. The van der Waals surface area contributed by atoms with Gasteiger partial charge in [0.25, 0.3) is 17.7 Å². The van der Waals surface area contributed by atoms with Crippen LogP contribution in [0.5, 0.6) is 0 Å². The van der Waals surface area contributed by atoms with Gasteiger partial charge in [0, 0.05) is 37.9 Å². The molecular weight excluding hydrogens is 615 g/mol. The fourth-order valence-corrected chi connectivity index (χ4v) is 5.80. The highest BCUT2D eigenvalue weighted by atomic mass is 19.1. The maximum absolute atomic E-state index is 14.8. The lowest BCUT2D eigenvalue weighted by molar-refractivity contribution is -0.167. The van der Waals surface area contributed by atoms with E-state index in [9.17, 15) is 28.4 Å². The average molecular weight is 655 g/mol. The Morgan fingerprint density at radius 3 is 2.47 bits per heavy atom. The molecule has 13 nitrogen and oxygen atoms in total. The Balaban J connectivity index is 1.30. The van der Waals surface area contributed by atoms with Gasteiger partial charge in [-0.1, -0.05) is 6.07 Å². The number of benzene rings is 2. The summed E-state index contributed by atoms with van der Waals surface area (Å²) < 4.78 is 36.4. The van der Waals surface area contributed by atoms with Gasteiger partial charge in [-0.05, 0) is 75.1 Å². The second kappa shape index (κ2) is 14.1. The van der Waals surface area contributed by atoms with Crippen LogP contribution >= 0.6 is 0 Å². The van der Waals surface area contributed by atoms with Crippen LogP contribution in [0.25, 0.3) is 0 Å². The molecule has 1 aliphatic carbocycles. The molecule has 3 atom stereocenters. The smallest absolute Gasteiger partial charge is 0.408 e. The molecule has 2 heterocycles. The van der Waals surface area contributed by atoms with Crippen LogP contribution in [0.1, 0.15) is 61.6 Å². The first kappa shape index (κ1) is 33.8. The number of morpholine rings is 2. The lowest BCUT2D eigenvalue weighted by atomic mass is 10.1. The van der Waals surface area contributed by atoms with Crippen molar-refractivity contribution in [2.24, 2.45) is 0 Å². The third kappa shape index (κ3) is 8.06. The highest BCUT2D eigenvalue weighted by Gasteiger charge is 2.43. The minimum atomic E-state index is -1.65. The number of amides is 4. The molecule has 2 unspecified atom stereocenters. The van der Waals surface area contributed by atoms with E-state index in [1.165, 1.54) is 21.9 Å². The largest absolute Gasteiger partial charge is 0.449 e. The number of hydrogen-bond acceptors (Lipinski definition) is 9. The predicted molar refractivity (Wildman–Crippen MR) is 166 cm³/mol. The first-order chi connectivity index (χ1) is 22.3. The molecule has 0 aromatic heterocycles. The summed E-state index contributed by atoms with van der Waals surface area (Å²) >= 11 is 0. The van der Waals surface area contributed by atoms with Crippen molar-refractivity contribution in [1.82, 2.24) is 10.2 Å². The van der Waals surface area contributed by atoms with Crippen LogP contribution in [0.3, 0.4) is 0 Å². The van der Waals surface area contributed by atoms with Gasteiger partial charge in [0.15, 0.2) is 6.10 Å². The number of anilines is 2. The topological polar surface area (TPSA) is 153 Å². The lowest BCUT2D eigenvalue weighted by Crippen LogP contribution is -2.56. The fraction of sp³-hybridized carbons (Fsp3) is 0.485. The number of ether oxygens (including phenoxy) is 4. The zero-order valence-electron chi connectivity index (χ0n) is 26.8. The number of hydrogen-bond donors (Lipinski definition) is 2. The number of alkyl carbamates (subject to hydrolysis) is 1. The standard InChI is InChI=1S/C33H39FN4O9/c1-19(39)46-27(29(40)35-21-6-8-23-20(17-21)5-10-26(23)36-32(43)47-33(2,3)4)28-31(42)38(13-16-45-28)22-7-9-25(34)24(18-22)30(41)37-11-14-44-15-12-37/h6-9,17-18,26-28H,5,10-16H2,1-4H3,(H,35,40)(H,36,43)/t26-,27?,28?/m0/s1. The summed E-state index contributed by atoms with van der Waals surface area (Å²) in [6.07, 6.45) is -2.39. The van der Waals surface area contributed by atoms with Crippen LogP contribution in [0, 0.1) is 5.82 Å². The predicted octanol–water partition coefficient (Wildman–Crippen LogP) is 3.11. The van der Waals surface area contributed by atoms with Gasteiger partial charge >= 0.3 is 12.1 Å². The molecule has 4 amide bonds. The number of nitrogens with one attached hydrogen (secondary N) is 2. The van der Waals surface area contributed by atoms with E-state index in [0.29, 0.717) is 44.8 Å². The van der Waals surface area contributed by atoms with Crippen LogP contribution in [-0.2, 0) is 39.8 Å². The Hall–Kier alpha value is -4.56. The van der Waals surface area contributed by atoms with Gasteiger partial charge in [-0.25, -0.2) is 9.18 Å². The Morgan fingerprint density at radius 1 is 1.02 bits per heavy atom. The normalized spacial score (nSPS) is 20.2. The van der Waals surface area contributed by atoms with Crippen molar-refractivity contribution in [2.75, 3.05) is 49.7 Å². The molecule has 0 saturated carbocycles. The van der Waals surface area contributed by atoms with Gasteiger partial charge in [0.05, 0.1) is 31.4 Å². The summed E-state index contributed by atoms with van der Waals surface area (Å²) in [5.74, 6) is -3.55. The molecule has 47 heavy (non-hydrogen) atoms. The second-order valence-corrected chi connectivity index (χ2v) is 12.5. The van der Waals surface area contributed by atoms with E-state index in [-0.39, 0.29) is 30.4 Å². The minimum Gasteiger partial charge on any atom is -0.449 e. The van der Waals surface area contributed by atoms with Gasteiger partial charge in [-0.2, -0.15) is 0 Å². The molecule has 2 N–H and O–H groups in total. The van der Waals surface area contributed by atoms with E-state index >= 15 is 0 Å². The summed E-state index contributed by atoms with van der Waals surface area (Å²) in [6.45, 7) is 7.81. The van der Waals surface area contributed by atoms with Crippen molar-refractivity contribution in [3.63, 3.8) is 0 Å². The van der Waals surface area contributed by atoms with Crippen molar-refractivity contribution in [3.05, 3.63) is 58.9 Å². The van der Waals surface area contributed by atoms with Crippen molar-refractivity contribution in [3.8, 4) is 0 Å². The van der Waals surface area contributed by atoms with Crippen LogP contribution in [0.4, 0.5) is 20.6 Å². The molecule has 252 valence electrons. The van der Waals surface area contributed by atoms with Crippen LogP contribution in [0.15, 0.2) is 36.4 Å². The number of halogens is 1. The Kier molecular flexibility index (Phi) is 10.1. The molecule has 0 bridgehead atoms.